The van der Waals surface area contributed by atoms with Crippen molar-refractivity contribution in [3.63, 3.8) is 0 Å². The Hall–Kier alpha value is 0.270. The van der Waals surface area contributed by atoms with Crippen molar-refractivity contribution < 1.29 is 10.2 Å². The fourth-order valence-electron chi connectivity index (χ4n) is 2.57. The summed E-state index contributed by atoms with van der Waals surface area (Å²) in [6, 6.07) is 0. The van der Waals surface area contributed by atoms with E-state index in [1.165, 1.54) is 50.0 Å². The van der Waals surface area contributed by atoms with Crippen LogP contribution in [-0.2, 0) is 0 Å². The van der Waals surface area contributed by atoms with Gasteiger partial charge in [0.1, 0.15) is 0 Å². The van der Waals surface area contributed by atoms with Crippen molar-refractivity contribution in [2.24, 2.45) is 10.8 Å². The van der Waals surface area contributed by atoms with Crippen molar-refractivity contribution in [2.45, 2.75) is 79.1 Å². The Bertz CT molecular complexity index is 215. The fraction of sp³-hybridized carbons (Fsp3) is 1.00. The molecule has 0 fully saturated rings. The van der Waals surface area contributed by atoms with Crippen LogP contribution in [0.15, 0.2) is 0 Å². The average molecular weight is 319 g/mol. The average Bonchev–Trinajstić information content (AvgIpc) is 2.36. The van der Waals surface area contributed by atoms with Crippen LogP contribution in [0.3, 0.4) is 0 Å². The highest BCUT2D eigenvalue weighted by atomic mass is 32.2. The standard InChI is InChI=1S/C18H38O2S/c1-17(2,11-13-19)9-5-7-15-21-16-8-6-10-18(3,4)12-14-20/h19-20H,5-16H2,1-4H3. The van der Waals surface area contributed by atoms with Crippen LogP contribution in [-0.4, -0.2) is 34.9 Å². The second kappa shape index (κ2) is 11.8. The van der Waals surface area contributed by atoms with Crippen LogP contribution >= 0.6 is 11.8 Å². The molecule has 2 N–H and O–H groups in total. The van der Waals surface area contributed by atoms with E-state index in [0.29, 0.717) is 24.0 Å². The number of aliphatic hydroxyl groups is 2. The van der Waals surface area contributed by atoms with Gasteiger partial charge in [0.2, 0.25) is 0 Å². The first-order valence-corrected chi connectivity index (χ1v) is 9.78. The summed E-state index contributed by atoms with van der Waals surface area (Å²) in [5.74, 6) is 2.55. The van der Waals surface area contributed by atoms with Crippen molar-refractivity contribution in [1.82, 2.24) is 0 Å². The SMILES string of the molecule is CC(C)(CCO)CCCCSCCCCC(C)(C)CCO. The molecule has 0 aromatic carbocycles. The lowest BCUT2D eigenvalue weighted by Gasteiger charge is -2.23. The maximum Gasteiger partial charge on any atom is 0.0436 e. The van der Waals surface area contributed by atoms with Crippen molar-refractivity contribution in [3.8, 4) is 0 Å². The summed E-state index contributed by atoms with van der Waals surface area (Å²) in [5.41, 5.74) is 0.607. The molecule has 128 valence electrons. The first-order chi connectivity index (χ1) is 9.83. The highest BCUT2D eigenvalue weighted by molar-refractivity contribution is 7.99. The van der Waals surface area contributed by atoms with E-state index in [-0.39, 0.29) is 0 Å². The van der Waals surface area contributed by atoms with Gasteiger partial charge in [-0.2, -0.15) is 11.8 Å². The van der Waals surface area contributed by atoms with Crippen molar-refractivity contribution >= 4 is 11.8 Å². The van der Waals surface area contributed by atoms with Crippen LogP contribution in [0.25, 0.3) is 0 Å². The van der Waals surface area contributed by atoms with Gasteiger partial charge < -0.3 is 10.2 Å². The van der Waals surface area contributed by atoms with Crippen LogP contribution < -0.4 is 0 Å². The van der Waals surface area contributed by atoms with E-state index in [0.717, 1.165) is 12.8 Å². The third-order valence-electron chi connectivity index (χ3n) is 4.36. The summed E-state index contributed by atoms with van der Waals surface area (Å²) in [6.07, 6.45) is 9.46. The summed E-state index contributed by atoms with van der Waals surface area (Å²) in [7, 11) is 0. The van der Waals surface area contributed by atoms with E-state index in [1.807, 2.05) is 0 Å². The molecule has 0 saturated heterocycles. The minimum absolute atomic E-state index is 0.303. The predicted molar refractivity (Wildman–Crippen MR) is 96.0 cm³/mol. The lowest BCUT2D eigenvalue weighted by Crippen LogP contribution is -2.13. The maximum atomic E-state index is 9.00. The second-order valence-electron chi connectivity index (χ2n) is 7.80. The maximum absolute atomic E-state index is 9.00. The monoisotopic (exact) mass is 318 g/mol. The Morgan fingerprint density at radius 2 is 1.00 bits per heavy atom. The largest absolute Gasteiger partial charge is 0.396 e. The minimum Gasteiger partial charge on any atom is -0.396 e. The molecule has 0 bridgehead atoms. The van der Waals surface area contributed by atoms with E-state index < -0.39 is 0 Å². The normalized spacial score (nSPS) is 12.9. The van der Waals surface area contributed by atoms with Crippen molar-refractivity contribution in [3.05, 3.63) is 0 Å². The lowest BCUT2D eigenvalue weighted by atomic mass is 9.84. The molecule has 0 aromatic rings. The number of rotatable bonds is 14. The zero-order valence-electron chi connectivity index (χ0n) is 14.8. The molecule has 0 saturated carbocycles. The van der Waals surface area contributed by atoms with Crippen molar-refractivity contribution in [1.29, 1.82) is 0 Å². The van der Waals surface area contributed by atoms with Crippen LogP contribution in [0.2, 0.25) is 0 Å². The molecule has 3 heteroatoms. The lowest BCUT2D eigenvalue weighted by molar-refractivity contribution is 0.199. The third-order valence-corrected chi connectivity index (χ3v) is 5.52. The summed E-state index contributed by atoms with van der Waals surface area (Å²) in [5, 5.41) is 18.0. The number of unbranched alkanes of at least 4 members (excludes halogenated alkanes) is 2. The highest BCUT2D eigenvalue weighted by Gasteiger charge is 2.16. The number of aliphatic hydroxyl groups excluding tert-OH is 2. The van der Waals surface area contributed by atoms with E-state index in [1.54, 1.807) is 0 Å². The van der Waals surface area contributed by atoms with Gasteiger partial charge in [0, 0.05) is 13.2 Å². The van der Waals surface area contributed by atoms with Gasteiger partial charge in [-0.3, -0.25) is 0 Å². The molecular weight excluding hydrogens is 280 g/mol. The molecule has 0 heterocycles. The first kappa shape index (κ1) is 21.3. The van der Waals surface area contributed by atoms with Crippen molar-refractivity contribution in [2.75, 3.05) is 24.7 Å². The molecule has 0 spiro atoms. The van der Waals surface area contributed by atoms with Gasteiger partial charge in [-0.25, -0.2) is 0 Å². The number of thioether (sulfide) groups is 1. The Morgan fingerprint density at radius 1 is 0.619 bits per heavy atom. The van der Waals surface area contributed by atoms with Gasteiger partial charge in [-0.1, -0.05) is 40.5 Å². The smallest absolute Gasteiger partial charge is 0.0436 e. The number of hydrogen-bond acceptors (Lipinski definition) is 3. The molecule has 0 aliphatic rings. The molecule has 0 aliphatic heterocycles. The van der Waals surface area contributed by atoms with Gasteiger partial charge in [0.25, 0.3) is 0 Å². The predicted octanol–water partition coefficient (Wildman–Crippen LogP) is 4.88. The van der Waals surface area contributed by atoms with E-state index in [2.05, 4.69) is 39.5 Å². The van der Waals surface area contributed by atoms with Gasteiger partial charge in [0.05, 0.1) is 0 Å². The molecule has 21 heavy (non-hydrogen) atoms. The van der Waals surface area contributed by atoms with Gasteiger partial charge >= 0.3 is 0 Å². The van der Waals surface area contributed by atoms with Crippen LogP contribution in [0.5, 0.6) is 0 Å². The highest BCUT2D eigenvalue weighted by Crippen LogP contribution is 2.28. The molecule has 0 atom stereocenters. The minimum atomic E-state index is 0.303. The first-order valence-electron chi connectivity index (χ1n) is 8.62. The van der Waals surface area contributed by atoms with Crippen LogP contribution in [0.1, 0.15) is 79.1 Å². The fourth-order valence-corrected chi connectivity index (χ4v) is 3.59. The van der Waals surface area contributed by atoms with Gasteiger partial charge in [-0.15, -0.1) is 0 Å². The van der Waals surface area contributed by atoms with E-state index >= 15 is 0 Å². The summed E-state index contributed by atoms with van der Waals surface area (Å²) < 4.78 is 0. The Morgan fingerprint density at radius 3 is 1.33 bits per heavy atom. The summed E-state index contributed by atoms with van der Waals surface area (Å²) >= 11 is 2.08. The molecule has 0 unspecified atom stereocenters. The summed E-state index contributed by atoms with van der Waals surface area (Å²) in [6.45, 7) is 9.65. The Kier molecular flexibility index (Phi) is 11.9. The molecule has 2 nitrogen and oxygen atoms in total. The molecule has 0 aromatic heterocycles. The van der Waals surface area contributed by atoms with E-state index in [9.17, 15) is 0 Å². The van der Waals surface area contributed by atoms with E-state index in [4.69, 9.17) is 10.2 Å². The van der Waals surface area contributed by atoms with Gasteiger partial charge in [-0.05, 0) is 60.9 Å². The molecule has 0 amide bonds. The van der Waals surface area contributed by atoms with Crippen LogP contribution in [0.4, 0.5) is 0 Å². The zero-order valence-corrected chi connectivity index (χ0v) is 15.6. The second-order valence-corrected chi connectivity index (χ2v) is 9.03. The quantitative estimate of drug-likeness (QED) is 0.449. The van der Waals surface area contributed by atoms with Gasteiger partial charge in [0.15, 0.2) is 0 Å². The Labute approximate surface area is 137 Å². The summed E-state index contributed by atoms with van der Waals surface area (Å²) in [4.78, 5) is 0. The van der Waals surface area contributed by atoms with Crippen LogP contribution in [0, 0.1) is 10.8 Å². The third kappa shape index (κ3) is 13.6. The topological polar surface area (TPSA) is 40.5 Å². The molecule has 0 radical (unpaired) electrons. The zero-order chi connectivity index (χ0) is 16.2. The molecular formula is C18H38O2S. The number of hydrogen-bond donors (Lipinski definition) is 2. The molecule has 0 aliphatic carbocycles. The Balaban J connectivity index is 3.37. The molecule has 0 rings (SSSR count).